The summed E-state index contributed by atoms with van der Waals surface area (Å²) in [4.78, 5) is 0.141. The van der Waals surface area contributed by atoms with Gasteiger partial charge in [0.15, 0.2) is 0 Å². The Labute approximate surface area is 157 Å². The van der Waals surface area contributed by atoms with Crippen LogP contribution >= 0.6 is 31.9 Å². The van der Waals surface area contributed by atoms with Gasteiger partial charge >= 0.3 is 0 Å². The van der Waals surface area contributed by atoms with Crippen molar-refractivity contribution in [2.24, 2.45) is 0 Å². The summed E-state index contributed by atoms with van der Waals surface area (Å²) < 4.78 is 34.4. The predicted octanol–water partition coefficient (Wildman–Crippen LogP) is 3.16. The van der Waals surface area contributed by atoms with Gasteiger partial charge in [0, 0.05) is 27.5 Å². The first-order valence-corrected chi connectivity index (χ1v) is 10.3. The molecule has 0 amide bonds. The maximum absolute atomic E-state index is 12.5. The van der Waals surface area contributed by atoms with E-state index in [4.69, 9.17) is 4.74 Å². The van der Waals surface area contributed by atoms with Gasteiger partial charge < -0.3 is 9.84 Å². The molecule has 3 rings (SSSR count). The molecule has 1 aliphatic rings. The molecule has 2 aromatic carbocycles. The highest BCUT2D eigenvalue weighted by molar-refractivity contribution is 9.10. The zero-order valence-electron chi connectivity index (χ0n) is 12.5. The van der Waals surface area contributed by atoms with Crippen LogP contribution in [0.2, 0.25) is 0 Å². The molecule has 1 unspecified atom stereocenters. The number of nitrogens with one attached hydrogen (secondary N) is 1. The lowest BCUT2D eigenvalue weighted by atomic mass is 9.88. The van der Waals surface area contributed by atoms with Gasteiger partial charge in [-0.25, -0.2) is 13.1 Å². The highest BCUT2D eigenvalue weighted by Crippen LogP contribution is 2.38. The van der Waals surface area contributed by atoms with Crippen molar-refractivity contribution in [2.75, 3.05) is 13.2 Å². The summed E-state index contributed by atoms with van der Waals surface area (Å²) in [5.74, 6) is 0.564. The number of benzene rings is 2. The maximum Gasteiger partial charge on any atom is 0.240 e. The molecule has 0 radical (unpaired) electrons. The fourth-order valence-corrected chi connectivity index (χ4v) is 4.62. The standard InChI is InChI=1S/C16H15Br2NO4S/c17-11-2-1-3-13(8-11)24(21,22)19-10-16(20)6-7-23-15-5-4-12(18)9-14(15)16/h1-5,8-9,19-20H,6-7,10H2. The molecule has 1 aliphatic heterocycles. The fraction of sp³-hybridized carbons (Fsp3) is 0.250. The SMILES string of the molecule is O=S(=O)(NCC1(O)CCOc2ccc(Br)cc21)c1cccc(Br)c1. The molecule has 0 saturated carbocycles. The minimum atomic E-state index is -3.73. The minimum Gasteiger partial charge on any atom is -0.493 e. The van der Waals surface area contributed by atoms with Crippen molar-refractivity contribution in [1.29, 1.82) is 0 Å². The van der Waals surface area contributed by atoms with Crippen molar-refractivity contribution in [3.05, 3.63) is 57.0 Å². The second kappa shape index (κ2) is 6.76. The zero-order valence-corrected chi connectivity index (χ0v) is 16.5. The molecule has 128 valence electrons. The largest absolute Gasteiger partial charge is 0.493 e. The van der Waals surface area contributed by atoms with Gasteiger partial charge in [-0.1, -0.05) is 37.9 Å². The van der Waals surface area contributed by atoms with Gasteiger partial charge in [0.2, 0.25) is 10.0 Å². The molecule has 24 heavy (non-hydrogen) atoms. The van der Waals surface area contributed by atoms with Crippen molar-refractivity contribution in [2.45, 2.75) is 16.9 Å². The van der Waals surface area contributed by atoms with Crippen LogP contribution in [0.5, 0.6) is 5.75 Å². The van der Waals surface area contributed by atoms with E-state index < -0.39 is 15.6 Å². The molecule has 0 aliphatic carbocycles. The van der Waals surface area contributed by atoms with Gasteiger partial charge in [-0.15, -0.1) is 0 Å². The maximum atomic E-state index is 12.5. The lowest BCUT2D eigenvalue weighted by Crippen LogP contribution is -2.43. The van der Waals surface area contributed by atoms with Gasteiger partial charge in [0.1, 0.15) is 11.4 Å². The number of hydrogen-bond acceptors (Lipinski definition) is 4. The van der Waals surface area contributed by atoms with Crippen LogP contribution in [0.1, 0.15) is 12.0 Å². The van der Waals surface area contributed by atoms with Gasteiger partial charge in [0.05, 0.1) is 11.5 Å². The van der Waals surface area contributed by atoms with Crippen LogP contribution in [0.4, 0.5) is 0 Å². The van der Waals surface area contributed by atoms with Crippen LogP contribution in [-0.4, -0.2) is 26.7 Å². The Bertz CT molecular complexity index is 872. The van der Waals surface area contributed by atoms with E-state index in [1.165, 1.54) is 12.1 Å². The Morgan fingerprint density at radius 1 is 1.17 bits per heavy atom. The van der Waals surface area contributed by atoms with Crippen molar-refractivity contribution < 1.29 is 18.3 Å². The van der Waals surface area contributed by atoms with Crippen LogP contribution in [0.25, 0.3) is 0 Å². The molecule has 0 aromatic heterocycles. The van der Waals surface area contributed by atoms with Crippen molar-refractivity contribution >= 4 is 41.9 Å². The number of sulfonamides is 1. The highest BCUT2D eigenvalue weighted by atomic mass is 79.9. The van der Waals surface area contributed by atoms with Crippen LogP contribution in [0.15, 0.2) is 56.3 Å². The normalized spacial score (nSPS) is 20.3. The van der Waals surface area contributed by atoms with E-state index in [1.807, 2.05) is 6.07 Å². The van der Waals surface area contributed by atoms with Gasteiger partial charge in [-0.3, -0.25) is 0 Å². The second-order valence-corrected chi connectivity index (χ2v) is 9.15. The van der Waals surface area contributed by atoms with E-state index in [-0.39, 0.29) is 11.4 Å². The predicted molar refractivity (Wildman–Crippen MR) is 97.5 cm³/mol. The monoisotopic (exact) mass is 475 g/mol. The summed E-state index contributed by atoms with van der Waals surface area (Å²) in [7, 11) is -3.73. The van der Waals surface area contributed by atoms with E-state index in [9.17, 15) is 13.5 Å². The molecular weight excluding hydrogens is 462 g/mol. The molecule has 5 nitrogen and oxygen atoms in total. The third-order valence-electron chi connectivity index (χ3n) is 3.88. The third kappa shape index (κ3) is 3.67. The van der Waals surface area contributed by atoms with Crippen molar-refractivity contribution in [3.63, 3.8) is 0 Å². The summed E-state index contributed by atoms with van der Waals surface area (Å²) in [6.07, 6.45) is 0.303. The topological polar surface area (TPSA) is 75.6 Å². The Kier molecular flexibility index (Phi) is 5.04. The number of rotatable bonds is 4. The number of fused-ring (bicyclic) bond motifs is 1. The van der Waals surface area contributed by atoms with Gasteiger partial charge in [0.25, 0.3) is 0 Å². The first kappa shape index (κ1) is 17.9. The Morgan fingerprint density at radius 3 is 2.67 bits per heavy atom. The summed E-state index contributed by atoms with van der Waals surface area (Å²) in [5, 5.41) is 11.0. The fourth-order valence-electron chi connectivity index (χ4n) is 2.57. The van der Waals surface area contributed by atoms with Gasteiger partial charge in [-0.2, -0.15) is 0 Å². The molecule has 0 spiro atoms. The molecule has 1 atom stereocenters. The molecular formula is C16H15Br2NO4S. The van der Waals surface area contributed by atoms with E-state index in [0.29, 0.717) is 28.8 Å². The summed E-state index contributed by atoms with van der Waals surface area (Å²) in [6, 6.07) is 11.7. The van der Waals surface area contributed by atoms with Crippen molar-refractivity contribution in [1.82, 2.24) is 4.72 Å². The van der Waals surface area contributed by atoms with E-state index in [0.717, 1.165) is 4.47 Å². The number of aliphatic hydroxyl groups is 1. The van der Waals surface area contributed by atoms with Crippen LogP contribution in [-0.2, 0) is 15.6 Å². The average molecular weight is 477 g/mol. The van der Waals surface area contributed by atoms with Crippen molar-refractivity contribution in [3.8, 4) is 5.75 Å². The smallest absolute Gasteiger partial charge is 0.240 e. The van der Waals surface area contributed by atoms with Crippen LogP contribution in [0, 0.1) is 0 Å². The third-order valence-corrected chi connectivity index (χ3v) is 6.26. The summed E-state index contributed by atoms with van der Waals surface area (Å²) >= 11 is 6.63. The lowest BCUT2D eigenvalue weighted by Gasteiger charge is -2.34. The summed E-state index contributed by atoms with van der Waals surface area (Å²) in [6.45, 7) is 0.193. The molecule has 0 bridgehead atoms. The van der Waals surface area contributed by atoms with Crippen LogP contribution in [0.3, 0.4) is 0 Å². The molecule has 1 heterocycles. The quantitative estimate of drug-likeness (QED) is 0.710. The second-order valence-electron chi connectivity index (χ2n) is 5.55. The van der Waals surface area contributed by atoms with E-state index in [1.54, 1.807) is 24.3 Å². The Balaban J connectivity index is 1.86. The average Bonchev–Trinajstić information content (AvgIpc) is 2.54. The molecule has 0 saturated heterocycles. The Morgan fingerprint density at radius 2 is 1.92 bits per heavy atom. The van der Waals surface area contributed by atoms with E-state index in [2.05, 4.69) is 36.6 Å². The van der Waals surface area contributed by atoms with Gasteiger partial charge in [-0.05, 0) is 36.4 Å². The first-order valence-electron chi connectivity index (χ1n) is 7.21. The first-order chi connectivity index (χ1) is 11.3. The number of halogens is 2. The van der Waals surface area contributed by atoms with Crippen LogP contribution < -0.4 is 9.46 Å². The summed E-state index contributed by atoms with van der Waals surface area (Å²) in [5.41, 5.74) is -0.753. The molecule has 8 heteroatoms. The zero-order chi connectivity index (χ0) is 17.4. The molecule has 0 fully saturated rings. The lowest BCUT2D eigenvalue weighted by molar-refractivity contribution is 0.00212. The van der Waals surface area contributed by atoms with E-state index >= 15 is 0 Å². The minimum absolute atomic E-state index is 0.130. The number of ether oxygens (including phenoxy) is 1. The molecule has 2 aromatic rings. The molecule has 2 N–H and O–H groups in total. The number of hydrogen-bond donors (Lipinski definition) is 2. The highest BCUT2D eigenvalue weighted by Gasteiger charge is 2.37. The Hall–Kier alpha value is -0.930.